The second-order valence-corrected chi connectivity index (χ2v) is 9.39. The summed E-state index contributed by atoms with van der Waals surface area (Å²) in [6.07, 6.45) is 0. The maximum Gasteiger partial charge on any atom is 0.275 e. The molecule has 1 fully saturated rings. The number of hydrogen-bond acceptors (Lipinski definition) is 7. The number of aromatic nitrogens is 3. The molecule has 0 saturated carbocycles. The van der Waals surface area contributed by atoms with Crippen molar-refractivity contribution in [2.24, 2.45) is 0 Å². The van der Waals surface area contributed by atoms with Gasteiger partial charge in [-0.05, 0) is 30.3 Å². The van der Waals surface area contributed by atoms with Gasteiger partial charge >= 0.3 is 0 Å². The molecule has 34 heavy (non-hydrogen) atoms. The van der Waals surface area contributed by atoms with E-state index in [1.807, 2.05) is 29.2 Å². The summed E-state index contributed by atoms with van der Waals surface area (Å²) in [6, 6.07) is 16.1. The van der Waals surface area contributed by atoms with E-state index in [4.69, 9.17) is 16.3 Å². The molecule has 1 saturated heterocycles. The largest absolute Gasteiger partial charge is 0.497 e. The number of hydrogen-bond donors (Lipinski definition) is 0. The third-order valence-corrected chi connectivity index (χ3v) is 6.96. The monoisotopic (exact) mass is 495 g/mol. The molecule has 0 atom stereocenters. The lowest BCUT2D eigenvalue weighted by Crippen LogP contribution is -2.48. The summed E-state index contributed by atoms with van der Waals surface area (Å²) in [5, 5.41) is 5.78. The molecule has 0 N–H and O–H groups in total. The third-order valence-electron chi connectivity index (χ3n) is 5.75. The first-order valence-electron chi connectivity index (χ1n) is 10.8. The Kier molecular flexibility index (Phi) is 6.32. The van der Waals surface area contributed by atoms with Crippen LogP contribution >= 0.6 is 22.9 Å². The Morgan fingerprint density at radius 2 is 1.85 bits per heavy atom. The predicted molar refractivity (Wildman–Crippen MR) is 132 cm³/mol. The predicted octanol–water partition coefficient (Wildman–Crippen LogP) is 3.44. The van der Waals surface area contributed by atoms with Crippen molar-refractivity contribution in [2.75, 3.05) is 33.3 Å². The molecule has 10 heteroatoms. The number of rotatable bonds is 5. The maximum atomic E-state index is 12.8. The van der Waals surface area contributed by atoms with Gasteiger partial charge in [0.2, 0.25) is 4.96 Å². The second kappa shape index (κ2) is 9.54. The highest BCUT2D eigenvalue weighted by atomic mass is 35.5. The van der Waals surface area contributed by atoms with E-state index in [9.17, 15) is 9.59 Å². The van der Waals surface area contributed by atoms with Gasteiger partial charge in [-0.2, -0.15) is 9.61 Å². The normalized spacial score (nSPS) is 14.5. The van der Waals surface area contributed by atoms with E-state index in [0.717, 1.165) is 5.56 Å². The molecule has 8 nitrogen and oxygen atoms in total. The molecule has 0 radical (unpaired) electrons. The van der Waals surface area contributed by atoms with Gasteiger partial charge < -0.3 is 9.64 Å². The highest BCUT2D eigenvalue weighted by molar-refractivity contribution is 7.19. The van der Waals surface area contributed by atoms with Gasteiger partial charge in [-0.25, -0.2) is 4.98 Å². The van der Waals surface area contributed by atoms with Crippen LogP contribution in [0.3, 0.4) is 0 Å². The number of benzene rings is 2. The van der Waals surface area contributed by atoms with E-state index in [-0.39, 0.29) is 11.5 Å². The molecular formula is C24H22ClN5O3S. The lowest BCUT2D eigenvalue weighted by atomic mass is 10.1. The fourth-order valence-electron chi connectivity index (χ4n) is 3.92. The Bertz CT molecular complexity index is 1390. The van der Waals surface area contributed by atoms with Crippen molar-refractivity contribution in [3.63, 3.8) is 0 Å². The van der Waals surface area contributed by atoms with Gasteiger partial charge in [-0.1, -0.05) is 41.1 Å². The van der Waals surface area contributed by atoms with Gasteiger partial charge in [-0.15, -0.1) is 0 Å². The first kappa shape index (κ1) is 22.5. The zero-order valence-electron chi connectivity index (χ0n) is 18.5. The van der Waals surface area contributed by atoms with Crippen molar-refractivity contribution in [3.8, 4) is 16.3 Å². The molecular weight excluding hydrogens is 474 g/mol. The fraction of sp³-hybridized carbons (Fsp3) is 0.250. The number of nitrogens with zero attached hydrogens (tertiary/aromatic N) is 5. The van der Waals surface area contributed by atoms with Crippen LogP contribution in [0.1, 0.15) is 16.1 Å². The summed E-state index contributed by atoms with van der Waals surface area (Å²) in [5.41, 5.74) is 2.00. The van der Waals surface area contributed by atoms with Crippen LogP contribution in [-0.4, -0.2) is 63.6 Å². The average Bonchev–Trinajstić information content (AvgIpc) is 3.29. The summed E-state index contributed by atoms with van der Waals surface area (Å²) in [4.78, 5) is 34.8. The number of carbonyl (C=O) groups excluding carboxylic acids is 1. The summed E-state index contributed by atoms with van der Waals surface area (Å²) >= 11 is 7.34. The smallest absolute Gasteiger partial charge is 0.275 e. The Morgan fingerprint density at radius 3 is 2.59 bits per heavy atom. The number of methoxy groups -OCH3 is 1. The highest BCUT2D eigenvalue weighted by Crippen LogP contribution is 2.25. The van der Waals surface area contributed by atoms with Crippen molar-refractivity contribution >= 4 is 33.8 Å². The summed E-state index contributed by atoms with van der Waals surface area (Å²) in [6.45, 7) is 3.17. The van der Waals surface area contributed by atoms with E-state index in [2.05, 4.69) is 15.0 Å². The van der Waals surface area contributed by atoms with Crippen molar-refractivity contribution in [2.45, 2.75) is 6.54 Å². The SMILES string of the molecule is COc1cccc(C(=O)N2CCN(Cc3cc(=O)n4nc(-c5ccc(Cl)cc5)sc4n3)CC2)c1. The molecule has 2 aromatic carbocycles. The third kappa shape index (κ3) is 4.68. The van der Waals surface area contributed by atoms with Gasteiger partial charge in [0, 0.05) is 54.9 Å². The Morgan fingerprint density at radius 1 is 1.09 bits per heavy atom. The van der Waals surface area contributed by atoms with E-state index < -0.39 is 0 Å². The van der Waals surface area contributed by atoms with Crippen LogP contribution in [-0.2, 0) is 6.54 Å². The Labute approximate surface area is 205 Å². The molecule has 1 aliphatic heterocycles. The van der Waals surface area contributed by atoms with E-state index in [0.29, 0.717) is 64.7 Å². The molecule has 2 aromatic heterocycles. The number of fused-ring (bicyclic) bond motifs is 1. The quantitative estimate of drug-likeness (QED) is 0.422. The number of halogens is 1. The molecule has 4 aromatic rings. The molecule has 1 aliphatic rings. The van der Waals surface area contributed by atoms with Crippen LogP contribution < -0.4 is 10.3 Å². The topological polar surface area (TPSA) is 80.0 Å². The van der Waals surface area contributed by atoms with Gasteiger partial charge in [-0.3, -0.25) is 14.5 Å². The fourth-order valence-corrected chi connectivity index (χ4v) is 4.98. The first-order chi connectivity index (χ1) is 16.5. The van der Waals surface area contributed by atoms with Gasteiger partial charge in [0.1, 0.15) is 10.8 Å². The number of amides is 1. The minimum atomic E-state index is -0.205. The Hall–Kier alpha value is -3.27. The lowest BCUT2D eigenvalue weighted by Gasteiger charge is -2.34. The molecule has 1 amide bonds. The number of piperazine rings is 1. The first-order valence-corrected chi connectivity index (χ1v) is 12.0. The molecule has 0 aliphatic carbocycles. The maximum absolute atomic E-state index is 12.8. The van der Waals surface area contributed by atoms with Gasteiger partial charge in [0.15, 0.2) is 0 Å². The minimum Gasteiger partial charge on any atom is -0.497 e. The zero-order chi connectivity index (χ0) is 23.7. The van der Waals surface area contributed by atoms with Gasteiger partial charge in [0.25, 0.3) is 11.5 Å². The van der Waals surface area contributed by atoms with Crippen LogP contribution in [0, 0.1) is 0 Å². The average molecular weight is 496 g/mol. The van der Waals surface area contributed by atoms with Crippen molar-refractivity contribution in [1.29, 1.82) is 0 Å². The number of ether oxygens (including phenoxy) is 1. The van der Waals surface area contributed by atoms with E-state index in [1.54, 1.807) is 31.4 Å². The van der Waals surface area contributed by atoms with Crippen molar-refractivity contribution in [3.05, 3.63) is 81.2 Å². The lowest BCUT2D eigenvalue weighted by molar-refractivity contribution is 0.0626. The standard InChI is InChI=1S/C24H22ClN5O3S/c1-33-20-4-2-3-17(13-20)23(32)29-11-9-28(10-12-29)15-19-14-21(31)30-24(26-19)34-22(27-30)16-5-7-18(25)8-6-16/h2-8,13-14H,9-12,15H2,1H3. The molecule has 5 rings (SSSR count). The molecule has 0 spiro atoms. The van der Waals surface area contributed by atoms with E-state index >= 15 is 0 Å². The van der Waals surface area contributed by atoms with E-state index in [1.165, 1.54) is 21.9 Å². The van der Waals surface area contributed by atoms with Crippen molar-refractivity contribution < 1.29 is 9.53 Å². The van der Waals surface area contributed by atoms with Crippen LogP contribution in [0.2, 0.25) is 5.02 Å². The van der Waals surface area contributed by atoms with Gasteiger partial charge in [0.05, 0.1) is 12.8 Å². The molecule has 3 heterocycles. The highest BCUT2D eigenvalue weighted by Gasteiger charge is 2.23. The molecule has 0 unspecified atom stereocenters. The van der Waals surface area contributed by atoms with Crippen LogP contribution in [0.4, 0.5) is 0 Å². The number of carbonyl (C=O) groups is 1. The van der Waals surface area contributed by atoms with Crippen LogP contribution in [0.5, 0.6) is 5.75 Å². The molecule has 0 bridgehead atoms. The summed E-state index contributed by atoms with van der Waals surface area (Å²) in [7, 11) is 1.59. The Balaban J connectivity index is 1.26. The van der Waals surface area contributed by atoms with Crippen molar-refractivity contribution in [1.82, 2.24) is 24.4 Å². The van der Waals surface area contributed by atoms with Crippen LogP contribution in [0.25, 0.3) is 15.5 Å². The molecule has 174 valence electrons. The second-order valence-electron chi connectivity index (χ2n) is 7.99. The summed E-state index contributed by atoms with van der Waals surface area (Å²) < 4.78 is 6.56. The minimum absolute atomic E-state index is 0.00396. The zero-order valence-corrected chi connectivity index (χ0v) is 20.1. The van der Waals surface area contributed by atoms with Crippen LogP contribution in [0.15, 0.2) is 59.4 Å². The summed E-state index contributed by atoms with van der Waals surface area (Å²) in [5.74, 6) is 0.662.